The molecule has 0 saturated carbocycles. The van der Waals surface area contributed by atoms with Gasteiger partial charge in [-0.25, -0.2) is 5.43 Å². The van der Waals surface area contributed by atoms with E-state index in [1.54, 1.807) is 0 Å². The average molecular weight is 325 g/mol. The van der Waals surface area contributed by atoms with Gasteiger partial charge in [0.25, 0.3) is 10.8 Å². The molecule has 4 N–H and O–H groups in total. The monoisotopic (exact) mass is 323 g/mol. The zero-order chi connectivity index (χ0) is 14.6. The van der Waals surface area contributed by atoms with E-state index in [0.717, 1.165) is 18.6 Å². The van der Waals surface area contributed by atoms with Crippen LogP contribution >= 0.6 is 34.8 Å². The number of carbonyl (C=O) groups is 1. The summed E-state index contributed by atoms with van der Waals surface area (Å²) in [6.45, 7) is 3.84. The fourth-order valence-corrected chi connectivity index (χ4v) is 1.96. The molecule has 0 aliphatic carbocycles. The van der Waals surface area contributed by atoms with Gasteiger partial charge in [-0.2, -0.15) is 10.1 Å². The summed E-state index contributed by atoms with van der Waals surface area (Å²) < 4.78 is 0. The molecule has 0 aliphatic rings. The number of pyridine rings is 1. The summed E-state index contributed by atoms with van der Waals surface area (Å²) in [5.74, 6) is -0.536. The molecule has 0 aromatic carbocycles. The van der Waals surface area contributed by atoms with Crippen LogP contribution in [0.5, 0.6) is 0 Å². The highest BCUT2D eigenvalue weighted by Gasteiger charge is 2.25. The van der Waals surface area contributed by atoms with Crippen molar-refractivity contribution in [2.75, 3.05) is 5.73 Å². The van der Waals surface area contributed by atoms with Crippen molar-refractivity contribution in [3.63, 3.8) is 0 Å². The molecule has 0 atom stereocenters. The van der Waals surface area contributed by atoms with E-state index in [0.29, 0.717) is 0 Å². The Morgan fingerprint density at radius 1 is 1.37 bits per heavy atom. The van der Waals surface area contributed by atoms with Crippen LogP contribution in [0.15, 0.2) is 5.10 Å². The third kappa shape index (κ3) is 3.96. The summed E-state index contributed by atoms with van der Waals surface area (Å²) in [5.41, 5.74) is 8.88. The Bertz CT molecular complexity index is 531. The van der Waals surface area contributed by atoms with Gasteiger partial charge in [-0.1, -0.05) is 36.5 Å². The van der Waals surface area contributed by atoms with E-state index in [2.05, 4.69) is 15.5 Å². The lowest BCUT2D eigenvalue weighted by Crippen LogP contribution is -2.28. The van der Waals surface area contributed by atoms with Gasteiger partial charge >= 0.3 is 5.91 Å². The summed E-state index contributed by atoms with van der Waals surface area (Å²) in [6, 6.07) is 0. The minimum atomic E-state index is -0.536. The summed E-state index contributed by atoms with van der Waals surface area (Å²) in [7, 11) is 0. The molecule has 8 heteroatoms. The number of anilines is 1. The average Bonchev–Trinajstić information content (AvgIpc) is 2.38. The number of nitrogens with one attached hydrogen (secondary N) is 2. The first-order valence-corrected chi connectivity index (χ1v) is 6.70. The quantitative estimate of drug-likeness (QED) is 0.507. The van der Waals surface area contributed by atoms with Crippen molar-refractivity contribution in [3.05, 3.63) is 20.9 Å². The predicted octanol–water partition coefficient (Wildman–Crippen LogP) is 2.95. The van der Waals surface area contributed by atoms with Gasteiger partial charge in [0, 0.05) is 5.71 Å². The lowest BCUT2D eigenvalue weighted by molar-refractivity contribution is -0.379. The van der Waals surface area contributed by atoms with E-state index >= 15 is 0 Å². The number of nitrogens with two attached hydrogens (primary N) is 1. The number of halogens is 3. The highest BCUT2D eigenvalue weighted by molar-refractivity contribution is 6.45. The molecule has 5 nitrogen and oxygen atoms in total. The van der Waals surface area contributed by atoms with E-state index in [-0.39, 0.29) is 26.6 Å². The van der Waals surface area contributed by atoms with Gasteiger partial charge in [-0.3, -0.25) is 4.79 Å². The molecule has 104 valence electrons. The molecule has 1 rings (SSSR count). The van der Waals surface area contributed by atoms with Gasteiger partial charge in [0.15, 0.2) is 0 Å². The number of nitrogens with zero attached hydrogens (tertiary/aromatic N) is 1. The highest BCUT2D eigenvalue weighted by atomic mass is 35.5. The third-order valence-corrected chi connectivity index (χ3v) is 3.47. The fourth-order valence-electron chi connectivity index (χ4n) is 1.34. The van der Waals surface area contributed by atoms with E-state index in [1.807, 2.05) is 13.8 Å². The maximum atomic E-state index is 11.9. The van der Waals surface area contributed by atoms with Crippen LogP contribution in [0.3, 0.4) is 0 Å². The zero-order valence-corrected chi connectivity index (χ0v) is 12.7. The van der Waals surface area contributed by atoms with E-state index in [4.69, 9.17) is 40.5 Å². The van der Waals surface area contributed by atoms with Crippen molar-refractivity contribution in [2.45, 2.75) is 26.7 Å². The van der Waals surface area contributed by atoms with E-state index in [1.165, 1.54) is 0 Å². The Hall–Kier alpha value is -1.04. The summed E-state index contributed by atoms with van der Waals surface area (Å²) in [4.78, 5) is 14.5. The molecule has 0 saturated heterocycles. The Kier molecular flexibility index (Phi) is 5.85. The molecule has 19 heavy (non-hydrogen) atoms. The first kappa shape index (κ1) is 16.0. The van der Waals surface area contributed by atoms with Crippen molar-refractivity contribution >= 4 is 52.1 Å². The van der Waals surface area contributed by atoms with Gasteiger partial charge in [-0.05, 0) is 24.9 Å². The molecule has 0 fully saturated rings. The van der Waals surface area contributed by atoms with Crippen LogP contribution in [0, 0.1) is 0 Å². The van der Waals surface area contributed by atoms with Crippen molar-refractivity contribution in [3.8, 4) is 0 Å². The normalized spacial score (nSPS) is 11.5. The standard InChI is InChI=1S/C11H13Cl3N4O/c1-3-4-5(2)17-18-11(19)9-6(12)8(15)7(13)10(14)16-9/h3-4H2,1-2H3,(H2,15,16)(H,18,19)/p+1/b17-5-. The lowest BCUT2D eigenvalue weighted by Gasteiger charge is -2.03. The smallest absolute Gasteiger partial charge is 0.337 e. The SMILES string of the molecule is CCC/C(C)=N\NC(=O)c1[nH+]c(Cl)c(Cl)c(N)c1Cl. The first-order valence-electron chi connectivity index (χ1n) is 5.57. The number of rotatable bonds is 4. The van der Waals surface area contributed by atoms with Gasteiger partial charge in [0.1, 0.15) is 10.0 Å². The number of nitrogen functional groups attached to an aromatic ring is 1. The van der Waals surface area contributed by atoms with Crippen molar-refractivity contribution in [2.24, 2.45) is 5.10 Å². The second-order valence-electron chi connectivity index (χ2n) is 3.89. The van der Waals surface area contributed by atoms with E-state index in [9.17, 15) is 4.79 Å². The number of carbonyl (C=O) groups excluding carboxylic acids is 1. The Balaban J connectivity index is 2.98. The summed E-state index contributed by atoms with van der Waals surface area (Å²) in [5, 5.41) is 4.07. The topological polar surface area (TPSA) is 81.6 Å². The second-order valence-corrected chi connectivity index (χ2v) is 5.03. The maximum Gasteiger partial charge on any atom is 0.337 e. The van der Waals surface area contributed by atoms with Crippen molar-refractivity contribution in [1.29, 1.82) is 0 Å². The molecular weight excluding hydrogens is 311 g/mol. The van der Waals surface area contributed by atoms with Crippen LogP contribution in [0.4, 0.5) is 5.69 Å². The number of aromatic amines is 1. The zero-order valence-electron chi connectivity index (χ0n) is 10.5. The van der Waals surface area contributed by atoms with Gasteiger partial charge in [0.2, 0.25) is 0 Å². The third-order valence-electron chi connectivity index (χ3n) is 2.31. The van der Waals surface area contributed by atoms with Crippen molar-refractivity contribution < 1.29 is 9.78 Å². The second kappa shape index (κ2) is 6.93. The molecule has 1 amide bonds. The van der Waals surface area contributed by atoms with Gasteiger partial charge < -0.3 is 5.73 Å². The number of amides is 1. The minimum absolute atomic E-state index is 0.00949. The van der Waals surface area contributed by atoms with Crippen LogP contribution in [-0.4, -0.2) is 11.6 Å². The van der Waals surface area contributed by atoms with Crippen molar-refractivity contribution in [1.82, 2.24) is 5.43 Å². The van der Waals surface area contributed by atoms with Gasteiger partial charge in [0.05, 0.1) is 5.69 Å². The molecule has 1 heterocycles. The maximum absolute atomic E-state index is 11.9. The highest BCUT2D eigenvalue weighted by Crippen LogP contribution is 2.31. The van der Waals surface area contributed by atoms with Crippen LogP contribution in [0.25, 0.3) is 0 Å². The Labute approximate surface area is 126 Å². The van der Waals surface area contributed by atoms with Crippen LogP contribution < -0.4 is 16.1 Å². The number of aromatic nitrogens is 1. The number of hydrogen-bond acceptors (Lipinski definition) is 3. The Morgan fingerprint density at radius 2 is 2.00 bits per heavy atom. The Morgan fingerprint density at radius 3 is 2.58 bits per heavy atom. The van der Waals surface area contributed by atoms with Crippen LogP contribution in [0.1, 0.15) is 37.2 Å². The van der Waals surface area contributed by atoms with Gasteiger partial charge in [-0.15, -0.1) is 0 Å². The predicted molar refractivity (Wildman–Crippen MR) is 77.9 cm³/mol. The van der Waals surface area contributed by atoms with E-state index < -0.39 is 5.91 Å². The molecule has 0 radical (unpaired) electrons. The molecule has 1 aromatic heterocycles. The molecule has 0 unspecified atom stereocenters. The van der Waals surface area contributed by atoms with Crippen LogP contribution in [-0.2, 0) is 0 Å². The molecular formula is C11H14Cl3N4O+. The number of hydrazone groups is 1. The van der Waals surface area contributed by atoms with Crippen LogP contribution in [0.2, 0.25) is 15.2 Å². The molecule has 0 aliphatic heterocycles. The fraction of sp³-hybridized carbons (Fsp3) is 0.364. The number of hydrogen-bond donors (Lipinski definition) is 2. The lowest BCUT2D eigenvalue weighted by atomic mass is 10.2. The number of H-pyrrole nitrogens is 1. The minimum Gasteiger partial charge on any atom is -0.396 e. The first-order chi connectivity index (χ1) is 8.88. The summed E-state index contributed by atoms with van der Waals surface area (Å²) >= 11 is 17.5. The summed E-state index contributed by atoms with van der Waals surface area (Å²) in [6.07, 6.45) is 1.74. The molecule has 0 bridgehead atoms. The molecule has 1 aromatic rings. The molecule has 0 spiro atoms. The largest absolute Gasteiger partial charge is 0.396 e.